The minimum absolute atomic E-state index is 0.0337. The number of hydrogen-bond donors (Lipinski definition) is 1. The number of halogens is 3. The number of rotatable bonds is 12. The lowest BCUT2D eigenvalue weighted by Crippen LogP contribution is -2.53. The van der Waals surface area contributed by atoms with Crippen molar-refractivity contribution in [2.75, 3.05) is 10.8 Å². The molecule has 0 bridgehead atoms. The van der Waals surface area contributed by atoms with Gasteiger partial charge in [-0.05, 0) is 67.8 Å². The van der Waals surface area contributed by atoms with Gasteiger partial charge in [0.25, 0.3) is 10.0 Å². The molecule has 11 heteroatoms. The lowest BCUT2D eigenvalue weighted by molar-refractivity contribution is -0.140. The largest absolute Gasteiger partial charge is 0.352 e. The van der Waals surface area contributed by atoms with Crippen LogP contribution in [0.1, 0.15) is 39.2 Å². The third-order valence-corrected chi connectivity index (χ3v) is 8.75. The number of amides is 2. The highest BCUT2D eigenvalue weighted by molar-refractivity contribution is 7.92. The molecule has 7 nitrogen and oxygen atoms in total. The van der Waals surface area contributed by atoms with E-state index in [1.807, 2.05) is 13.8 Å². The summed E-state index contributed by atoms with van der Waals surface area (Å²) >= 11 is 12.5. The van der Waals surface area contributed by atoms with E-state index in [4.69, 9.17) is 23.2 Å². The molecule has 1 N–H and O–H groups in total. The highest BCUT2D eigenvalue weighted by Gasteiger charge is 2.34. The molecule has 0 aliphatic carbocycles. The number of carbonyl (C=O) groups is 2. The third kappa shape index (κ3) is 7.74. The van der Waals surface area contributed by atoms with E-state index in [1.54, 1.807) is 25.1 Å². The number of sulfonamides is 1. The standard InChI is InChI=1S/C29H32Cl2FN3O4S/c1-4-20(3)33-29(37)26(5-2)34(18-21-11-14-23(32)15-12-21)28(36)19-35(27-16-13-22(30)17-25(27)31)40(38,39)24-9-7-6-8-10-24/h6-17,20,26H,4-5,18-19H2,1-3H3,(H,33,37)/t20-,26-/m1/s1. The highest BCUT2D eigenvalue weighted by atomic mass is 35.5. The molecule has 214 valence electrons. The van der Waals surface area contributed by atoms with Crippen LogP contribution in [0.5, 0.6) is 0 Å². The Hall–Kier alpha value is -3.14. The van der Waals surface area contributed by atoms with E-state index in [-0.39, 0.29) is 40.5 Å². The Kier molecular flexibility index (Phi) is 11.0. The molecule has 0 aliphatic rings. The maximum absolute atomic E-state index is 14.0. The van der Waals surface area contributed by atoms with Gasteiger partial charge in [0.2, 0.25) is 11.8 Å². The maximum Gasteiger partial charge on any atom is 0.264 e. The molecule has 2 atom stereocenters. The van der Waals surface area contributed by atoms with Gasteiger partial charge in [-0.15, -0.1) is 0 Å². The van der Waals surface area contributed by atoms with E-state index >= 15 is 0 Å². The van der Waals surface area contributed by atoms with E-state index < -0.39 is 34.3 Å². The molecule has 0 fully saturated rings. The summed E-state index contributed by atoms with van der Waals surface area (Å²) in [5.41, 5.74) is 0.633. The Morgan fingerprint density at radius 1 is 0.950 bits per heavy atom. The van der Waals surface area contributed by atoms with Gasteiger partial charge in [0.05, 0.1) is 15.6 Å². The molecule has 3 aromatic carbocycles. The molecule has 2 amide bonds. The van der Waals surface area contributed by atoms with Crippen molar-refractivity contribution in [2.24, 2.45) is 0 Å². The average Bonchev–Trinajstić information content (AvgIpc) is 2.93. The van der Waals surface area contributed by atoms with Gasteiger partial charge >= 0.3 is 0 Å². The number of anilines is 1. The molecule has 0 aliphatic heterocycles. The summed E-state index contributed by atoms with van der Waals surface area (Å²) in [6.45, 7) is 4.86. The number of carbonyl (C=O) groups excluding carboxylic acids is 2. The second-order valence-corrected chi connectivity index (χ2v) is 12.0. The first-order chi connectivity index (χ1) is 19.0. The van der Waals surface area contributed by atoms with Crippen molar-refractivity contribution in [3.05, 3.63) is 94.2 Å². The Morgan fingerprint density at radius 2 is 1.60 bits per heavy atom. The van der Waals surface area contributed by atoms with E-state index in [2.05, 4.69) is 5.32 Å². The van der Waals surface area contributed by atoms with Crippen molar-refractivity contribution >= 4 is 50.7 Å². The second kappa shape index (κ2) is 14.0. The number of benzene rings is 3. The van der Waals surface area contributed by atoms with E-state index in [1.165, 1.54) is 59.5 Å². The second-order valence-electron chi connectivity index (χ2n) is 9.31. The fourth-order valence-electron chi connectivity index (χ4n) is 4.06. The monoisotopic (exact) mass is 607 g/mol. The Bertz CT molecular complexity index is 1420. The van der Waals surface area contributed by atoms with Crippen molar-refractivity contribution in [3.63, 3.8) is 0 Å². The number of hydrogen-bond acceptors (Lipinski definition) is 4. The minimum Gasteiger partial charge on any atom is -0.352 e. The topological polar surface area (TPSA) is 86.8 Å². The lowest BCUT2D eigenvalue weighted by Gasteiger charge is -2.34. The molecule has 0 spiro atoms. The average molecular weight is 609 g/mol. The van der Waals surface area contributed by atoms with Gasteiger partial charge in [0.15, 0.2) is 0 Å². The number of nitrogens with one attached hydrogen (secondary N) is 1. The van der Waals surface area contributed by atoms with Crippen molar-refractivity contribution in [2.45, 2.75) is 57.1 Å². The smallest absolute Gasteiger partial charge is 0.264 e. The van der Waals surface area contributed by atoms with Gasteiger partial charge in [0.1, 0.15) is 18.4 Å². The number of nitrogens with zero attached hydrogens (tertiary/aromatic N) is 2. The van der Waals surface area contributed by atoms with Gasteiger partial charge in [-0.2, -0.15) is 0 Å². The van der Waals surface area contributed by atoms with Crippen molar-refractivity contribution in [1.29, 1.82) is 0 Å². The van der Waals surface area contributed by atoms with E-state index in [0.717, 1.165) is 4.31 Å². The Morgan fingerprint density at radius 3 is 2.17 bits per heavy atom. The zero-order valence-corrected chi connectivity index (χ0v) is 24.8. The predicted octanol–water partition coefficient (Wildman–Crippen LogP) is 6.05. The molecular formula is C29H32Cl2FN3O4S. The molecular weight excluding hydrogens is 576 g/mol. The van der Waals surface area contributed by atoms with Crippen LogP contribution in [0.15, 0.2) is 77.7 Å². The van der Waals surface area contributed by atoms with Crippen LogP contribution in [0.2, 0.25) is 10.0 Å². The molecule has 40 heavy (non-hydrogen) atoms. The summed E-state index contributed by atoms with van der Waals surface area (Å²) in [4.78, 5) is 28.6. The fourth-order valence-corrected chi connectivity index (χ4v) is 6.08. The predicted molar refractivity (Wildman–Crippen MR) is 156 cm³/mol. The third-order valence-electron chi connectivity index (χ3n) is 6.44. The molecule has 0 radical (unpaired) electrons. The lowest BCUT2D eigenvalue weighted by atomic mass is 10.1. The highest BCUT2D eigenvalue weighted by Crippen LogP contribution is 2.33. The Balaban J connectivity index is 2.07. The first-order valence-electron chi connectivity index (χ1n) is 12.8. The summed E-state index contributed by atoms with van der Waals surface area (Å²) < 4.78 is 42.2. The first-order valence-corrected chi connectivity index (χ1v) is 15.0. The minimum atomic E-state index is -4.26. The van der Waals surface area contributed by atoms with E-state index in [9.17, 15) is 22.4 Å². The van der Waals surface area contributed by atoms with Crippen LogP contribution in [0.4, 0.5) is 10.1 Å². The van der Waals surface area contributed by atoms with Crippen molar-refractivity contribution in [3.8, 4) is 0 Å². The van der Waals surface area contributed by atoms with Crippen molar-refractivity contribution in [1.82, 2.24) is 10.2 Å². The molecule has 3 aromatic rings. The Labute approximate surface area is 244 Å². The molecule has 0 saturated heterocycles. The molecule has 0 saturated carbocycles. The summed E-state index contributed by atoms with van der Waals surface area (Å²) in [5.74, 6) is -1.45. The van der Waals surface area contributed by atoms with E-state index in [0.29, 0.717) is 17.0 Å². The summed E-state index contributed by atoms with van der Waals surface area (Å²) in [6.07, 6.45) is 0.953. The molecule has 0 unspecified atom stereocenters. The normalized spacial score (nSPS) is 12.8. The van der Waals surface area contributed by atoms with Gasteiger partial charge < -0.3 is 10.2 Å². The van der Waals surface area contributed by atoms with Crippen LogP contribution in [0, 0.1) is 5.82 Å². The summed E-state index contributed by atoms with van der Waals surface area (Å²) in [5, 5.41) is 3.23. The SMILES string of the molecule is CC[C@@H](C)NC(=O)[C@@H](CC)N(Cc1ccc(F)cc1)C(=O)CN(c1ccc(Cl)cc1Cl)S(=O)(=O)c1ccccc1. The van der Waals surface area contributed by atoms with Crippen LogP contribution in [-0.2, 0) is 26.2 Å². The van der Waals surface area contributed by atoms with Gasteiger partial charge in [-0.25, -0.2) is 12.8 Å². The molecule has 3 rings (SSSR count). The van der Waals surface area contributed by atoms with Crippen LogP contribution < -0.4 is 9.62 Å². The summed E-state index contributed by atoms with van der Waals surface area (Å²) in [6, 6.07) is 16.5. The van der Waals surface area contributed by atoms with Gasteiger partial charge in [-0.3, -0.25) is 13.9 Å². The van der Waals surface area contributed by atoms with Crippen LogP contribution >= 0.6 is 23.2 Å². The van der Waals surface area contributed by atoms with Crippen LogP contribution in [0.3, 0.4) is 0 Å². The van der Waals surface area contributed by atoms with Crippen LogP contribution in [0.25, 0.3) is 0 Å². The zero-order chi connectivity index (χ0) is 29.4. The van der Waals surface area contributed by atoms with Crippen LogP contribution in [-0.4, -0.2) is 43.8 Å². The summed E-state index contributed by atoms with van der Waals surface area (Å²) in [7, 11) is -4.26. The zero-order valence-electron chi connectivity index (χ0n) is 22.5. The van der Waals surface area contributed by atoms with Gasteiger partial charge in [0, 0.05) is 17.6 Å². The fraction of sp³-hybridized carbons (Fsp3) is 0.310. The molecule has 0 aromatic heterocycles. The first kappa shape index (κ1) is 31.4. The quantitative estimate of drug-likeness (QED) is 0.271. The van der Waals surface area contributed by atoms with Crippen molar-refractivity contribution < 1.29 is 22.4 Å². The molecule has 0 heterocycles. The maximum atomic E-state index is 14.0. The van der Waals surface area contributed by atoms with Gasteiger partial charge in [-0.1, -0.05) is 67.4 Å².